The molecule has 3 N–H and O–H groups in total. The second-order valence-corrected chi connectivity index (χ2v) is 15.7. The molecule has 0 saturated carbocycles. The highest BCUT2D eigenvalue weighted by Gasteiger charge is 2.39. The van der Waals surface area contributed by atoms with Crippen LogP contribution in [0, 0.1) is 19.8 Å². The van der Waals surface area contributed by atoms with Crippen LogP contribution in [0.2, 0.25) is 0 Å². The lowest BCUT2D eigenvalue weighted by Gasteiger charge is -2.42. The summed E-state index contributed by atoms with van der Waals surface area (Å²) in [6.07, 6.45) is 2.21. The zero-order valence-corrected chi connectivity index (χ0v) is 29.7. The number of para-hydroxylation sites is 1. The molecule has 0 radical (unpaired) electrons. The normalized spacial score (nSPS) is 21.2. The maximum atomic E-state index is 13.7. The molecule has 1 saturated heterocycles. The van der Waals surface area contributed by atoms with Gasteiger partial charge >= 0.3 is 0 Å². The fourth-order valence-electron chi connectivity index (χ4n) is 7.21. The summed E-state index contributed by atoms with van der Waals surface area (Å²) in [5.74, 6) is 0.0724. The van der Waals surface area contributed by atoms with Gasteiger partial charge in [0.05, 0.1) is 24.6 Å². The number of rotatable bonds is 9. The summed E-state index contributed by atoms with van der Waals surface area (Å²) < 4.78 is 39.0. The molecule has 1 fully saturated rings. The van der Waals surface area contributed by atoms with E-state index in [9.17, 15) is 13.9 Å². The third-order valence-electron chi connectivity index (χ3n) is 10.0. The van der Waals surface area contributed by atoms with E-state index in [4.69, 9.17) is 9.47 Å². The highest BCUT2D eigenvalue weighted by molar-refractivity contribution is 8.22. The van der Waals surface area contributed by atoms with E-state index in [2.05, 4.69) is 80.6 Å². The molecular formula is C37H49N5O5S. The van der Waals surface area contributed by atoms with E-state index in [0.29, 0.717) is 36.9 Å². The molecule has 0 aliphatic carbocycles. The average Bonchev–Trinajstić information content (AvgIpc) is 3.46. The lowest BCUT2D eigenvalue weighted by Crippen LogP contribution is -2.51. The first-order valence-electron chi connectivity index (χ1n) is 17.1. The van der Waals surface area contributed by atoms with Gasteiger partial charge in [0.1, 0.15) is 22.3 Å². The fraction of sp³-hybridized carbons (Fsp3) is 0.486. The minimum Gasteiger partial charge on any atom is -0.487 e. The zero-order chi connectivity index (χ0) is 34.2. The van der Waals surface area contributed by atoms with E-state index in [1.54, 1.807) is 16.4 Å². The molecular weight excluding hydrogens is 627 g/mol. The van der Waals surface area contributed by atoms with Crippen molar-refractivity contribution in [2.24, 2.45) is 5.92 Å². The second kappa shape index (κ2) is 13.8. The van der Waals surface area contributed by atoms with Gasteiger partial charge in [0.2, 0.25) is 5.91 Å². The predicted octanol–water partition coefficient (Wildman–Crippen LogP) is 7.22. The number of fused-ring (bicyclic) bond motifs is 2. The van der Waals surface area contributed by atoms with Crippen LogP contribution in [0.1, 0.15) is 80.7 Å². The molecule has 4 aromatic rings. The van der Waals surface area contributed by atoms with Crippen LogP contribution in [0.5, 0.6) is 5.75 Å². The van der Waals surface area contributed by atoms with E-state index in [0.717, 1.165) is 64.7 Å². The summed E-state index contributed by atoms with van der Waals surface area (Å²) in [5.41, 5.74) is 6.22. The first kappa shape index (κ1) is 34.4. The largest absolute Gasteiger partial charge is 0.487 e. The number of carbonyl (C=O) groups excluding carboxylic acids is 1. The third kappa shape index (κ3) is 6.58. The van der Waals surface area contributed by atoms with Crippen LogP contribution in [0.15, 0.2) is 59.5 Å². The van der Waals surface area contributed by atoms with E-state index in [-0.39, 0.29) is 23.8 Å². The standard InChI is InChI=1S/C37H49N5O5S/c1-7-29-22-41(48(44,45)33-14-10-9-13-32(33)47-29)21-28-20-26(16-15-24(28)3)34(37(5,6)38-36(43)27-12-11-19-46-23-27)30-17-18-31-35(25(30)4)39-40-42(31)8-2/h9-10,13-18,20,27,29,34,44-45H,7-8,11-12,19,21-23H2,1-6H3,(H,38,43)/t27?,29?,34-/m0/s1. The van der Waals surface area contributed by atoms with E-state index >= 15 is 0 Å². The molecule has 0 bridgehead atoms. The SMILES string of the molecule is CCC1CN(Cc2cc([C@@H](c3ccc4c(nnn4CC)c3C)C(C)(C)NC(=O)C3CCCOC3)ccc2C)S(O)(O)c2ccccc2O1. The highest BCUT2D eigenvalue weighted by Crippen LogP contribution is 2.57. The second-order valence-electron chi connectivity index (χ2n) is 13.7. The number of hydrogen-bond acceptors (Lipinski definition) is 8. The van der Waals surface area contributed by atoms with Gasteiger partial charge in [0, 0.05) is 31.2 Å². The monoisotopic (exact) mass is 675 g/mol. The molecule has 1 aromatic heterocycles. The number of carbonyl (C=O) groups is 1. The van der Waals surface area contributed by atoms with Gasteiger partial charge in [-0.3, -0.25) is 13.9 Å². The average molecular weight is 676 g/mol. The Balaban J connectivity index is 1.42. The van der Waals surface area contributed by atoms with E-state index < -0.39 is 16.3 Å². The van der Waals surface area contributed by atoms with Crippen molar-refractivity contribution in [3.05, 3.63) is 82.4 Å². The van der Waals surface area contributed by atoms with Gasteiger partial charge in [-0.05, 0) is 99.9 Å². The zero-order valence-electron chi connectivity index (χ0n) is 28.9. The Morgan fingerprint density at radius 1 is 1.12 bits per heavy atom. The Morgan fingerprint density at radius 3 is 2.65 bits per heavy atom. The number of aromatic nitrogens is 3. The summed E-state index contributed by atoms with van der Waals surface area (Å²) in [4.78, 5) is 14.1. The fourth-order valence-corrected chi connectivity index (χ4v) is 8.83. The number of hydrogen-bond donors (Lipinski definition) is 3. The summed E-state index contributed by atoms with van der Waals surface area (Å²) in [6, 6.07) is 17.8. The Morgan fingerprint density at radius 2 is 1.92 bits per heavy atom. The Kier molecular flexibility index (Phi) is 9.88. The van der Waals surface area contributed by atoms with E-state index in [1.807, 2.05) is 23.7 Å². The van der Waals surface area contributed by atoms with Crippen molar-refractivity contribution in [1.29, 1.82) is 0 Å². The summed E-state index contributed by atoms with van der Waals surface area (Å²) in [5, 5.41) is 12.3. The minimum absolute atomic E-state index is 0.00419. The van der Waals surface area contributed by atoms with Crippen LogP contribution >= 0.6 is 10.8 Å². The lowest BCUT2D eigenvalue weighted by molar-refractivity contribution is -0.130. The number of nitrogens with one attached hydrogen (secondary N) is 1. The van der Waals surface area contributed by atoms with Gasteiger partial charge in [0.25, 0.3) is 0 Å². The van der Waals surface area contributed by atoms with Crippen molar-refractivity contribution >= 4 is 27.7 Å². The van der Waals surface area contributed by atoms with Crippen LogP contribution in [-0.4, -0.2) is 65.7 Å². The number of nitrogens with zero attached hydrogens (tertiary/aromatic N) is 4. The van der Waals surface area contributed by atoms with Gasteiger partial charge in [0.15, 0.2) is 0 Å². The van der Waals surface area contributed by atoms with Crippen LogP contribution < -0.4 is 10.1 Å². The summed E-state index contributed by atoms with van der Waals surface area (Å²) in [7, 11) is -3.33. The maximum absolute atomic E-state index is 13.7. The molecule has 48 heavy (non-hydrogen) atoms. The lowest BCUT2D eigenvalue weighted by atomic mass is 9.74. The van der Waals surface area contributed by atoms with Gasteiger partial charge in [-0.15, -0.1) is 15.9 Å². The molecule has 0 spiro atoms. The van der Waals surface area contributed by atoms with Gasteiger partial charge in [-0.25, -0.2) is 4.68 Å². The van der Waals surface area contributed by atoms with Crippen molar-refractivity contribution in [3.63, 3.8) is 0 Å². The van der Waals surface area contributed by atoms with Crippen molar-refractivity contribution in [2.75, 3.05) is 19.8 Å². The van der Waals surface area contributed by atoms with Crippen molar-refractivity contribution < 1.29 is 23.4 Å². The Hall–Kier alpha value is -3.48. The minimum atomic E-state index is -3.33. The topological polar surface area (TPSA) is 122 Å². The van der Waals surface area contributed by atoms with Crippen LogP contribution in [-0.2, 0) is 22.6 Å². The molecule has 3 atom stereocenters. The first-order chi connectivity index (χ1) is 22.9. The number of aryl methyl sites for hydroxylation is 3. The maximum Gasteiger partial charge on any atom is 0.225 e. The van der Waals surface area contributed by atoms with E-state index in [1.165, 1.54) is 0 Å². The molecule has 3 heterocycles. The molecule has 10 nitrogen and oxygen atoms in total. The van der Waals surface area contributed by atoms with Gasteiger partial charge < -0.3 is 14.8 Å². The predicted molar refractivity (Wildman–Crippen MR) is 189 cm³/mol. The van der Waals surface area contributed by atoms with Crippen molar-refractivity contribution in [2.45, 2.75) is 96.4 Å². The molecule has 2 aliphatic rings. The van der Waals surface area contributed by atoms with Crippen molar-refractivity contribution in [3.8, 4) is 5.75 Å². The molecule has 6 rings (SSSR count). The number of amides is 1. The van der Waals surface area contributed by atoms with Crippen LogP contribution in [0.25, 0.3) is 11.0 Å². The molecule has 2 aliphatic heterocycles. The summed E-state index contributed by atoms with van der Waals surface area (Å²) in [6.45, 7) is 14.9. The van der Waals surface area contributed by atoms with Crippen LogP contribution in [0.4, 0.5) is 0 Å². The van der Waals surface area contributed by atoms with Crippen LogP contribution in [0.3, 0.4) is 0 Å². The first-order valence-corrected chi connectivity index (χ1v) is 18.6. The number of benzene rings is 3. The van der Waals surface area contributed by atoms with Gasteiger partial charge in [-0.1, -0.05) is 48.5 Å². The molecule has 11 heteroatoms. The molecule has 2 unspecified atom stereocenters. The molecule has 258 valence electrons. The van der Waals surface area contributed by atoms with Crippen molar-refractivity contribution in [1.82, 2.24) is 24.6 Å². The summed E-state index contributed by atoms with van der Waals surface area (Å²) >= 11 is 0. The van der Waals surface area contributed by atoms with Gasteiger partial charge in [-0.2, -0.15) is 4.31 Å². The molecule has 3 aromatic carbocycles. The highest BCUT2D eigenvalue weighted by atomic mass is 32.3. The quantitative estimate of drug-likeness (QED) is 0.170. The Labute approximate surface area is 285 Å². The smallest absolute Gasteiger partial charge is 0.225 e. The Bertz CT molecular complexity index is 1780. The molecule has 1 amide bonds. The number of ether oxygens (including phenoxy) is 2. The third-order valence-corrected chi connectivity index (χ3v) is 11.9.